The molecule has 6 rings (SSSR count). The minimum Gasteiger partial charge on any atom is -0.508 e. The van der Waals surface area contributed by atoms with Gasteiger partial charge in [-0.05, 0) is 31.0 Å². The Morgan fingerprint density at radius 3 is 2.58 bits per heavy atom. The summed E-state index contributed by atoms with van der Waals surface area (Å²) in [7, 11) is 0. The van der Waals surface area contributed by atoms with Crippen molar-refractivity contribution in [2.75, 3.05) is 44.3 Å². The number of morpholine rings is 1. The fourth-order valence-electron chi connectivity index (χ4n) is 5.09. The van der Waals surface area contributed by atoms with Crippen LogP contribution in [-0.2, 0) is 17.5 Å². The van der Waals surface area contributed by atoms with Crippen LogP contribution >= 0.6 is 11.3 Å². The van der Waals surface area contributed by atoms with Crippen LogP contribution in [0, 0.1) is 0 Å². The zero-order chi connectivity index (χ0) is 26.3. The first-order valence-electron chi connectivity index (χ1n) is 12.5. The van der Waals surface area contributed by atoms with Gasteiger partial charge in [0.2, 0.25) is 5.82 Å². The van der Waals surface area contributed by atoms with E-state index in [4.69, 9.17) is 14.7 Å². The number of aromatic hydroxyl groups is 1. The molecule has 0 amide bonds. The largest absolute Gasteiger partial charge is 0.508 e. The third-order valence-electron chi connectivity index (χ3n) is 6.98. The molecule has 3 aromatic heterocycles. The molecule has 0 atom stereocenters. The normalized spacial score (nSPS) is 17.9. The van der Waals surface area contributed by atoms with Gasteiger partial charge in [-0.3, -0.25) is 4.90 Å². The number of hydrogen-bond acceptors (Lipinski definition) is 9. The topological polar surface area (TPSA) is 92.4 Å². The first kappa shape index (κ1) is 25.0. The molecule has 0 unspecified atom stereocenters. The SMILES string of the molecule is Oc1cccc(-c2nc(N3CCOCC3)c3sc(CN4CCC(n5cnnc5C(F)(F)F)CC4)cc3n2)c1. The first-order chi connectivity index (χ1) is 18.3. The monoisotopic (exact) mass is 545 g/mol. The Morgan fingerprint density at radius 1 is 1.05 bits per heavy atom. The van der Waals surface area contributed by atoms with Crippen LogP contribution in [0.25, 0.3) is 21.6 Å². The van der Waals surface area contributed by atoms with Crippen LogP contribution in [0.2, 0.25) is 0 Å². The first-order valence-corrected chi connectivity index (χ1v) is 13.3. The minimum atomic E-state index is -4.51. The molecule has 5 heterocycles. The zero-order valence-corrected chi connectivity index (χ0v) is 21.3. The number of phenols is 1. The van der Waals surface area contributed by atoms with Crippen molar-refractivity contribution >= 4 is 27.4 Å². The maximum atomic E-state index is 13.3. The average Bonchev–Trinajstić information content (AvgIpc) is 3.56. The number of alkyl halides is 3. The summed E-state index contributed by atoms with van der Waals surface area (Å²) in [5.74, 6) is 0.632. The van der Waals surface area contributed by atoms with Crippen molar-refractivity contribution in [2.24, 2.45) is 0 Å². The number of piperidine rings is 1. The number of phenolic OH excluding ortho intramolecular Hbond substituents is 1. The smallest absolute Gasteiger partial charge is 0.451 e. The van der Waals surface area contributed by atoms with E-state index < -0.39 is 12.0 Å². The van der Waals surface area contributed by atoms with Crippen LogP contribution in [0.1, 0.15) is 29.6 Å². The molecule has 0 spiro atoms. The van der Waals surface area contributed by atoms with E-state index in [1.165, 1.54) is 10.9 Å². The van der Waals surface area contributed by atoms with Gasteiger partial charge >= 0.3 is 6.18 Å². The summed E-state index contributed by atoms with van der Waals surface area (Å²) < 4.78 is 47.5. The Bertz CT molecular complexity index is 1430. The molecular weight excluding hydrogens is 519 g/mol. The lowest BCUT2D eigenvalue weighted by molar-refractivity contribution is -0.148. The quantitative estimate of drug-likeness (QED) is 0.396. The van der Waals surface area contributed by atoms with Gasteiger partial charge in [0.15, 0.2) is 11.6 Å². The van der Waals surface area contributed by atoms with Crippen LogP contribution in [0.5, 0.6) is 5.75 Å². The molecule has 0 aliphatic carbocycles. The van der Waals surface area contributed by atoms with E-state index in [-0.39, 0.29) is 11.8 Å². The number of aromatic nitrogens is 5. The molecule has 9 nitrogen and oxygen atoms in total. The van der Waals surface area contributed by atoms with E-state index in [0.717, 1.165) is 39.6 Å². The molecule has 38 heavy (non-hydrogen) atoms. The van der Waals surface area contributed by atoms with E-state index in [2.05, 4.69) is 26.1 Å². The Morgan fingerprint density at radius 2 is 1.84 bits per heavy atom. The van der Waals surface area contributed by atoms with Gasteiger partial charge in [0.1, 0.15) is 12.1 Å². The summed E-state index contributed by atoms with van der Waals surface area (Å²) in [6.45, 7) is 4.75. The fourth-order valence-corrected chi connectivity index (χ4v) is 6.25. The summed E-state index contributed by atoms with van der Waals surface area (Å²) >= 11 is 1.65. The minimum absolute atomic E-state index is 0.155. The van der Waals surface area contributed by atoms with Gasteiger partial charge in [-0.2, -0.15) is 13.2 Å². The molecule has 2 fully saturated rings. The van der Waals surface area contributed by atoms with Crippen molar-refractivity contribution in [1.29, 1.82) is 0 Å². The van der Waals surface area contributed by atoms with Crippen molar-refractivity contribution in [3.8, 4) is 17.1 Å². The number of halogens is 3. The highest BCUT2D eigenvalue weighted by Crippen LogP contribution is 2.37. The lowest BCUT2D eigenvalue weighted by Gasteiger charge is -2.32. The van der Waals surface area contributed by atoms with E-state index in [9.17, 15) is 18.3 Å². The highest BCUT2D eigenvalue weighted by molar-refractivity contribution is 7.19. The number of benzene rings is 1. The molecule has 0 saturated carbocycles. The highest BCUT2D eigenvalue weighted by Gasteiger charge is 2.39. The Balaban J connectivity index is 1.24. The van der Waals surface area contributed by atoms with Crippen molar-refractivity contribution in [2.45, 2.75) is 31.6 Å². The van der Waals surface area contributed by atoms with Crippen LogP contribution in [0.15, 0.2) is 36.7 Å². The number of rotatable bonds is 5. The average molecular weight is 546 g/mol. The van der Waals surface area contributed by atoms with E-state index in [1.54, 1.807) is 29.5 Å². The Kier molecular flexibility index (Phi) is 6.66. The standard InChI is InChI=1S/C25H26F3N7O2S/c26-25(27,28)24-32-29-15-35(24)17-4-6-33(7-5-17)14-19-13-20-21(38-19)23(34-8-10-37-11-9-34)31-22(30-20)16-2-1-3-18(36)12-16/h1-3,12-13,15,17,36H,4-11,14H2. The predicted octanol–water partition coefficient (Wildman–Crippen LogP) is 4.35. The molecule has 2 aliphatic heterocycles. The second kappa shape index (κ2) is 10.1. The lowest BCUT2D eigenvalue weighted by Crippen LogP contribution is -2.36. The van der Waals surface area contributed by atoms with Crippen molar-refractivity contribution in [3.63, 3.8) is 0 Å². The second-order valence-electron chi connectivity index (χ2n) is 9.51. The maximum Gasteiger partial charge on any atom is 0.451 e. The number of fused-ring (bicyclic) bond motifs is 1. The second-order valence-corrected chi connectivity index (χ2v) is 10.7. The molecule has 2 aliphatic rings. The number of likely N-dealkylation sites (tertiary alicyclic amines) is 1. The lowest BCUT2D eigenvalue weighted by atomic mass is 10.0. The van der Waals surface area contributed by atoms with E-state index in [1.807, 2.05) is 6.07 Å². The summed E-state index contributed by atoms with van der Waals surface area (Å²) in [4.78, 5) is 15.3. The Hall–Kier alpha value is -3.29. The van der Waals surface area contributed by atoms with Crippen LogP contribution in [0.4, 0.5) is 19.0 Å². The van der Waals surface area contributed by atoms with Gasteiger partial charge in [0, 0.05) is 49.2 Å². The van der Waals surface area contributed by atoms with Gasteiger partial charge in [-0.1, -0.05) is 12.1 Å². The predicted molar refractivity (Wildman–Crippen MR) is 136 cm³/mol. The number of thiophene rings is 1. The third kappa shape index (κ3) is 5.05. The van der Waals surface area contributed by atoms with Crippen LogP contribution in [0.3, 0.4) is 0 Å². The van der Waals surface area contributed by atoms with Crippen LogP contribution < -0.4 is 4.90 Å². The van der Waals surface area contributed by atoms with Gasteiger partial charge < -0.3 is 19.3 Å². The summed E-state index contributed by atoms with van der Waals surface area (Å²) in [6, 6.07) is 8.72. The molecule has 4 aromatic rings. The number of anilines is 1. The zero-order valence-electron chi connectivity index (χ0n) is 20.4. The van der Waals surface area contributed by atoms with Crippen molar-refractivity contribution in [3.05, 3.63) is 47.4 Å². The van der Waals surface area contributed by atoms with Crippen molar-refractivity contribution in [1.82, 2.24) is 29.6 Å². The summed E-state index contributed by atoms with van der Waals surface area (Å²) in [6.07, 6.45) is -2.15. The van der Waals surface area contributed by atoms with Gasteiger partial charge in [0.05, 0.1) is 23.4 Å². The molecule has 0 radical (unpaired) electrons. The number of hydrogen-bond donors (Lipinski definition) is 1. The number of ether oxygens (including phenoxy) is 1. The van der Waals surface area contributed by atoms with Gasteiger partial charge in [-0.25, -0.2) is 9.97 Å². The maximum absolute atomic E-state index is 13.3. The number of nitrogens with zero attached hydrogens (tertiary/aromatic N) is 7. The van der Waals surface area contributed by atoms with E-state index in [0.29, 0.717) is 51.5 Å². The molecular formula is C25H26F3N7O2S. The van der Waals surface area contributed by atoms with Gasteiger partial charge in [-0.15, -0.1) is 21.5 Å². The van der Waals surface area contributed by atoms with E-state index >= 15 is 0 Å². The van der Waals surface area contributed by atoms with Crippen LogP contribution in [-0.4, -0.2) is 74.1 Å². The molecule has 1 N–H and O–H groups in total. The Labute approximate surface area is 220 Å². The molecule has 13 heteroatoms. The summed E-state index contributed by atoms with van der Waals surface area (Å²) in [5, 5.41) is 16.8. The third-order valence-corrected chi connectivity index (χ3v) is 8.08. The summed E-state index contributed by atoms with van der Waals surface area (Å²) in [5.41, 5.74) is 1.58. The fraction of sp³-hybridized carbons (Fsp3) is 0.440. The molecule has 1 aromatic carbocycles. The molecule has 0 bridgehead atoms. The van der Waals surface area contributed by atoms with Crippen molar-refractivity contribution < 1.29 is 23.0 Å². The van der Waals surface area contributed by atoms with Gasteiger partial charge in [0.25, 0.3) is 0 Å². The molecule has 2 saturated heterocycles. The molecule has 200 valence electrons. The highest BCUT2D eigenvalue weighted by atomic mass is 32.1.